The number of carbonyl (C=O) groups is 1. The molecule has 0 spiro atoms. The van der Waals surface area contributed by atoms with Crippen molar-refractivity contribution in [2.24, 2.45) is 0 Å². The number of piperidine rings is 1. The molecule has 2 heterocycles. The summed E-state index contributed by atoms with van der Waals surface area (Å²) in [6.45, 7) is 3.12. The van der Waals surface area contributed by atoms with Crippen LogP contribution in [0.1, 0.15) is 25.7 Å². The van der Waals surface area contributed by atoms with Gasteiger partial charge in [0.05, 0.1) is 0 Å². The number of carbonyl (C=O) groups excluding carboxylic acids is 1. The molecule has 0 saturated carbocycles. The summed E-state index contributed by atoms with van der Waals surface area (Å²) in [6.07, 6.45) is 4.25. The quantitative estimate of drug-likeness (QED) is 0.685. The first-order valence-electron chi connectivity index (χ1n) is 4.88. The van der Waals surface area contributed by atoms with Gasteiger partial charge >= 0.3 is 0 Å². The van der Waals surface area contributed by atoms with E-state index in [4.69, 9.17) is 0 Å². The number of nitrogens with one attached hydrogen (secondary N) is 1. The maximum absolute atomic E-state index is 11.4. The second-order valence-corrected chi connectivity index (χ2v) is 3.69. The number of rotatable bonds is 1. The van der Waals surface area contributed by atoms with E-state index in [9.17, 15) is 4.79 Å². The molecular formula is C9H17ClN2O. The number of likely N-dealkylation sites (tertiary alicyclic amines) is 1. The number of hydrogen-bond donors (Lipinski definition) is 1. The Bertz CT molecular complexity index is 180. The van der Waals surface area contributed by atoms with E-state index in [1.165, 1.54) is 12.8 Å². The van der Waals surface area contributed by atoms with Crippen molar-refractivity contribution in [3.05, 3.63) is 0 Å². The van der Waals surface area contributed by atoms with Gasteiger partial charge in [-0.3, -0.25) is 4.79 Å². The van der Waals surface area contributed by atoms with Gasteiger partial charge in [-0.05, 0) is 25.8 Å². The predicted molar refractivity (Wildman–Crippen MR) is 54.1 cm³/mol. The zero-order valence-corrected chi connectivity index (χ0v) is 8.61. The Labute approximate surface area is 85.3 Å². The van der Waals surface area contributed by atoms with Crippen molar-refractivity contribution >= 4 is 18.3 Å². The van der Waals surface area contributed by atoms with Crippen molar-refractivity contribution in [3.8, 4) is 0 Å². The van der Waals surface area contributed by atoms with Crippen LogP contribution >= 0.6 is 12.4 Å². The van der Waals surface area contributed by atoms with Crippen molar-refractivity contribution in [2.45, 2.75) is 31.7 Å². The molecule has 0 bridgehead atoms. The van der Waals surface area contributed by atoms with Gasteiger partial charge < -0.3 is 10.2 Å². The van der Waals surface area contributed by atoms with Crippen LogP contribution in [0.25, 0.3) is 0 Å². The predicted octanol–water partition coefficient (Wildman–Crippen LogP) is 0.783. The summed E-state index contributed by atoms with van der Waals surface area (Å²) < 4.78 is 0. The summed E-state index contributed by atoms with van der Waals surface area (Å²) >= 11 is 0. The van der Waals surface area contributed by atoms with Gasteiger partial charge in [0.2, 0.25) is 5.91 Å². The van der Waals surface area contributed by atoms with Gasteiger partial charge in [-0.2, -0.15) is 0 Å². The van der Waals surface area contributed by atoms with E-state index < -0.39 is 0 Å². The van der Waals surface area contributed by atoms with E-state index in [2.05, 4.69) is 10.2 Å². The van der Waals surface area contributed by atoms with Crippen LogP contribution in [0.15, 0.2) is 0 Å². The first kappa shape index (κ1) is 10.8. The van der Waals surface area contributed by atoms with E-state index >= 15 is 0 Å². The molecule has 2 aliphatic heterocycles. The van der Waals surface area contributed by atoms with Gasteiger partial charge in [-0.25, -0.2) is 0 Å². The SMILES string of the molecule is Cl.O=C1CCCN1[C@H]1CCCNC1. The van der Waals surface area contributed by atoms with Gasteiger partial charge in [-0.1, -0.05) is 0 Å². The standard InChI is InChI=1S/C9H16N2O.ClH/c12-9-4-2-6-11(9)8-3-1-5-10-7-8;/h8,10H,1-7H2;1H/t8-;/m0./s1. The molecule has 0 radical (unpaired) electrons. The lowest BCUT2D eigenvalue weighted by Crippen LogP contribution is -2.46. The molecule has 2 rings (SSSR count). The Morgan fingerprint density at radius 3 is 2.77 bits per heavy atom. The second kappa shape index (κ2) is 4.82. The van der Waals surface area contributed by atoms with Crippen LogP contribution < -0.4 is 5.32 Å². The van der Waals surface area contributed by atoms with Gasteiger partial charge in [-0.15, -0.1) is 12.4 Å². The van der Waals surface area contributed by atoms with E-state index in [-0.39, 0.29) is 12.4 Å². The van der Waals surface area contributed by atoms with E-state index in [1.807, 2.05) is 0 Å². The highest BCUT2D eigenvalue weighted by Gasteiger charge is 2.28. The summed E-state index contributed by atoms with van der Waals surface area (Å²) in [6, 6.07) is 0.494. The average molecular weight is 205 g/mol. The minimum Gasteiger partial charge on any atom is -0.338 e. The molecule has 0 aliphatic carbocycles. The van der Waals surface area contributed by atoms with Crippen LogP contribution in [0.2, 0.25) is 0 Å². The molecule has 2 saturated heterocycles. The van der Waals surface area contributed by atoms with Crippen molar-refractivity contribution in [2.75, 3.05) is 19.6 Å². The number of nitrogens with zero attached hydrogens (tertiary/aromatic N) is 1. The van der Waals surface area contributed by atoms with E-state index in [0.29, 0.717) is 11.9 Å². The normalized spacial score (nSPS) is 28.8. The molecule has 0 aromatic carbocycles. The van der Waals surface area contributed by atoms with Crippen molar-refractivity contribution in [1.29, 1.82) is 0 Å². The van der Waals surface area contributed by atoms with Gasteiger partial charge in [0.1, 0.15) is 0 Å². The molecule has 0 aromatic heterocycles. The summed E-state index contributed by atoms with van der Waals surface area (Å²) in [5, 5.41) is 3.34. The van der Waals surface area contributed by atoms with Gasteiger partial charge in [0, 0.05) is 25.6 Å². The van der Waals surface area contributed by atoms with Crippen LogP contribution in [0, 0.1) is 0 Å². The molecule has 0 unspecified atom stereocenters. The van der Waals surface area contributed by atoms with Crippen LogP contribution in [0.5, 0.6) is 0 Å². The molecular weight excluding hydrogens is 188 g/mol. The Morgan fingerprint density at radius 1 is 1.38 bits per heavy atom. The molecule has 2 fully saturated rings. The minimum atomic E-state index is 0. The number of halogens is 1. The molecule has 4 heteroatoms. The molecule has 2 aliphatic rings. The highest BCUT2D eigenvalue weighted by molar-refractivity contribution is 5.85. The topological polar surface area (TPSA) is 32.3 Å². The van der Waals surface area contributed by atoms with Crippen LogP contribution in [0.3, 0.4) is 0 Å². The largest absolute Gasteiger partial charge is 0.338 e. The summed E-state index contributed by atoms with van der Waals surface area (Å²) in [5.41, 5.74) is 0. The average Bonchev–Trinajstić information content (AvgIpc) is 2.53. The van der Waals surface area contributed by atoms with Gasteiger partial charge in [0.25, 0.3) is 0 Å². The first-order valence-corrected chi connectivity index (χ1v) is 4.88. The minimum absolute atomic E-state index is 0. The number of amides is 1. The second-order valence-electron chi connectivity index (χ2n) is 3.69. The molecule has 76 valence electrons. The Hall–Kier alpha value is -0.280. The summed E-state index contributed by atoms with van der Waals surface area (Å²) in [7, 11) is 0. The third kappa shape index (κ3) is 2.35. The molecule has 1 atom stereocenters. The van der Waals surface area contributed by atoms with Crippen LogP contribution in [-0.4, -0.2) is 36.5 Å². The van der Waals surface area contributed by atoms with Crippen molar-refractivity contribution in [1.82, 2.24) is 10.2 Å². The highest BCUT2D eigenvalue weighted by atomic mass is 35.5. The first-order chi connectivity index (χ1) is 5.88. The Morgan fingerprint density at radius 2 is 2.23 bits per heavy atom. The van der Waals surface area contributed by atoms with Crippen molar-refractivity contribution in [3.63, 3.8) is 0 Å². The number of hydrogen-bond acceptors (Lipinski definition) is 2. The fourth-order valence-electron chi connectivity index (χ4n) is 2.15. The fourth-order valence-corrected chi connectivity index (χ4v) is 2.15. The Kier molecular flexibility index (Phi) is 4.00. The van der Waals surface area contributed by atoms with Crippen LogP contribution in [-0.2, 0) is 4.79 Å². The third-order valence-electron chi connectivity index (χ3n) is 2.82. The van der Waals surface area contributed by atoms with Crippen LogP contribution in [0.4, 0.5) is 0 Å². The molecule has 1 amide bonds. The zero-order valence-electron chi connectivity index (χ0n) is 7.79. The summed E-state index contributed by atoms with van der Waals surface area (Å²) in [5.74, 6) is 0.365. The van der Waals surface area contributed by atoms with Gasteiger partial charge in [0.15, 0.2) is 0 Å². The monoisotopic (exact) mass is 204 g/mol. The maximum Gasteiger partial charge on any atom is 0.222 e. The van der Waals surface area contributed by atoms with Crippen molar-refractivity contribution < 1.29 is 4.79 Å². The lowest BCUT2D eigenvalue weighted by Gasteiger charge is -2.31. The van der Waals surface area contributed by atoms with E-state index in [0.717, 1.165) is 32.5 Å². The highest BCUT2D eigenvalue weighted by Crippen LogP contribution is 2.17. The maximum atomic E-state index is 11.4. The summed E-state index contributed by atoms with van der Waals surface area (Å²) in [4.78, 5) is 13.4. The fraction of sp³-hybridized carbons (Fsp3) is 0.889. The zero-order chi connectivity index (χ0) is 8.39. The molecule has 3 nitrogen and oxygen atoms in total. The molecule has 13 heavy (non-hydrogen) atoms. The Balaban J connectivity index is 0.000000845. The lowest BCUT2D eigenvalue weighted by molar-refractivity contribution is -0.129. The smallest absolute Gasteiger partial charge is 0.222 e. The third-order valence-corrected chi connectivity index (χ3v) is 2.82. The molecule has 1 N–H and O–H groups in total. The molecule has 0 aromatic rings. The lowest BCUT2D eigenvalue weighted by atomic mass is 10.1. The van der Waals surface area contributed by atoms with E-state index in [1.54, 1.807) is 0 Å².